The van der Waals surface area contributed by atoms with Gasteiger partial charge in [-0.05, 0) is 39.5 Å². The molecule has 1 fully saturated rings. The average molecular weight is 229 g/mol. The van der Waals surface area contributed by atoms with Gasteiger partial charge in [0.25, 0.3) is 0 Å². The molecule has 0 amide bonds. The first-order valence-electron chi connectivity index (χ1n) is 6.06. The third-order valence-corrected chi connectivity index (χ3v) is 2.91. The second-order valence-electron chi connectivity index (χ2n) is 4.54. The van der Waals surface area contributed by atoms with Crippen molar-refractivity contribution in [2.45, 2.75) is 51.1 Å². The molecule has 0 aliphatic heterocycles. The van der Waals surface area contributed by atoms with E-state index in [0.29, 0.717) is 12.6 Å². The van der Waals surface area contributed by atoms with Crippen molar-refractivity contribution in [2.75, 3.05) is 20.3 Å². The van der Waals surface area contributed by atoms with Crippen LogP contribution in [0.15, 0.2) is 0 Å². The molecule has 4 heteroatoms. The molecule has 4 nitrogen and oxygen atoms in total. The minimum Gasteiger partial charge on any atom is -0.468 e. The van der Waals surface area contributed by atoms with Crippen LogP contribution in [0.2, 0.25) is 0 Å². The highest BCUT2D eigenvalue weighted by atomic mass is 16.5. The van der Waals surface area contributed by atoms with Crippen molar-refractivity contribution in [2.24, 2.45) is 0 Å². The molecule has 0 heterocycles. The Labute approximate surface area is 97.7 Å². The summed E-state index contributed by atoms with van der Waals surface area (Å²) in [6.07, 6.45) is 3.96. The van der Waals surface area contributed by atoms with Gasteiger partial charge < -0.3 is 9.47 Å². The van der Waals surface area contributed by atoms with E-state index in [4.69, 9.17) is 9.47 Å². The molecule has 1 N–H and O–H groups in total. The zero-order chi connectivity index (χ0) is 12.0. The highest BCUT2D eigenvalue weighted by Gasteiger charge is 2.38. The zero-order valence-corrected chi connectivity index (χ0v) is 10.5. The molecular formula is C12H23NO3. The summed E-state index contributed by atoms with van der Waals surface area (Å²) in [5, 5.41) is 3.36. The summed E-state index contributed by atoms with van der Waals surface area (Å²) in [6.45, 7) is 5.32. The Hall–Kier alpha value is -0.610. The van der Waals surface area contributed by atoms with Crippen molar-refractivity contribution in [3.63, 3.8) is 0 Å². The number of hydrogen-bond acceptors (Lipinski definition) is 4. The van der Waals surface area contributed by atoms with Crippen LogP contribution in [0.4, 0.5) is 0 Å². The van der Waals surface area contributed by atoms with Crippen molar-refractivity contribution in [1.29, 1.82) is 0 Å². The van der Waals surface area contributed by atoms with Gasteiger partial charge in [-0.15, -0.1) is 0 Å². The number of rotatable bonds is 8. The summed E-state index contributed by atoms with van der Waals surface area (Å²) in [5.41, 5.74) is -0.549. The fourth-order valence-electron chi connectivity index (χ4n) is 1.81. The van der Waals surface area contributed by atoms with Gasteiger partial charge in [-0.25, -0.2) is 0 Å². The molecule has 1 aliphatic rings. The van der Waals surface area contributed by atoms with Gasteiger partial charge >= 0.3 is 5.97 Å². The smallest absolute Gasteiger partial charge is 0.325 e. The van der Waals surface area contributed by atoms with Crippen LogP contribution in [-0.4, -0.2) is 37.9 Å². The number of carbonyl (C=O) groups is 1. The Morgan fingerprint density at radius 3 is 2.69 bits per heavy atom. The number of nitrogens with one attached hydrogen (secondary N) is 1. The molecule has 0 aromatic carbocycles. The van der Waals surface area contributed by atoms with Gasteiger partial charge in [-0.3, -0.25) is 10.1 Å². The lowest BCUT2D eigenvalue weighted by molar-refractivity contribution is -0.148. The molecule has 0 aromatic rings. The van der Waals surface area contributed by atoms with E-state index in [0.717, 1.165) is 32.3 Å². The summed E-state index contributed by atoms with van der Waals surface area (Å²) in [7, 11) is 1.44. The van der Waals surface area contributed by atoms with Gasteiger partial charge in [0.1, 0.15) is 5.54 Å². The Bertz CT molecular complexity index is 228. The standard InChI is InChI=1S/C12H23NO3/c1-4-16-9-5-8-12(2,11(14)15-3)13-10-6-7-10/h10,13H,4-9H2,1-3H3. The summed E-state index contributed by atoms with van der Waals surface area (Å²) >= 11 is 0. The first-order chi connectivity index (χ1) is 7.62. The molecule has 0 spiro atoms. The predicted molar refractivity (Wildman–Crippen MR) is 62.3 cm³/mol. The lowest BCUT2D eigenvalue weighted by atomic mass is 9.96. The van der Waals surface area contributed by atoms with E-state index in [1.807, 2.05) is 13.8 Å². The quantitative estimate of drug-likeness (QED) is 0.506. The molecule has 94 valence electrons. The van der Waals surface area contributed by atoms with Crippen molar-refractivity contribution in [3.8, 4) is 0 Å². The molecular weight excluding hydrogens is 206 g/mol. The maximum atomic E-state index is 11.7. The van der Waals surface area contributed by atoms with Crippen molar-refractivity contribution in [3.05, 3.63) is 0 Å². The van der Waals surface area contributed by atoms with Crippen LogP contribution in [0.1, 0.15) is 39.5 Å². The number of methoxy groups -OCH3 is 1. The van der Waals surface area contributed by atoms with Crippen molar-refractivity contribution >= 4 is 5.97 Å². The molecule has 1 rings (SSSR count). The van der Waals surface area contributed by atoms with Gasteiger partial charge in [0.05, 0.1) is 7.11 Å². The van der Waals surface area contributed by atoms with Gasteiger partial charge in [0, 0.05) is 19.3 Å². The number of ether oxygens (including phenoxy) is 2. The van der Waals surface area contributed by atoms with Crippen LogP contribution >= 0.6 is 0 Å². The second kappa shape index (κ2) is 6.21. The Morgan fingerprint density at radius 2 is 2.19 bits per heavy atom. The molecule has 1 aliphatic carbocycles. The Kier molecular flexibility index (Phi) is 5.22. The molecule has 0 bridgehead atoms. The van der Waals surface area contributed by atoms with E-state index in [-0.39, 0.29) is 5.97 Å². The average Bonchev–Trinajstić information content (AvgIpc) is 3.07. The number of carbonyl (C=O) groups excluding carboxylic acids is 1. The van der Waals surface area contributed by atoms with Crippen LogP contribution in [-0.2, 0) is 14.3 Å². The van der Waals surface area contributed by atoms with Gasteiger partial charge in [0.15, 0.2) is 0 Å². The fraction of sp³-hybridized carbons (Fsp3) is 0.917. The third kappa shape index (κ3) is 4.10. The maximum Gasteiger partial charge on any atom is 0.325 e. The largest absolute Gasteiger partial charge is 0.468 e. The van der Waals surface area contributed by atoms with E-state index in [1.165, 1.54) is 7.11 Å². The predicted octanol–water partition coefficient (Wildman–Crippen LogP) is 1.49. The van der Waals surface area contributed by atoms with Gasteiger partial charge in [0.2, 0.25) is 0 Å². The van der Waals surface area contributed by atoms with E-state index in [2.05, 4.69) is 5.32 Å². The van der Waals surface area contributed by atoms with Crippen molar-refractivity contribution < 1.29 is 14.3 Å². The fourth-order valence-corrected chi connectivity index (χ4v) is 1.81. The lowest BCUT2D eigenvalue weighted by Gasteiger charge is -2.28. The van der Waals surface area contributed by atoms with Crippen LogP contribution in [0.3, 0.4) is 0 Å². The molecule has 16 heavy (non-hydrogen) atoms. The summed E-state index contributed by atoms with van der Waals surface area (Å²) in [6, 6.07) is 0.496. The maximum absolute atomic E-state index is 11.7. The molecule has 0 saturated heterocycles. The highest BCUT2D eigenvalue weighted by molar-refractivity contribution is 5.80. The van der Waals surface area contributed by atoms with Crippen LogP contribution in [0.25, 0.3) is 0 Å². The topological polar surface area (TPSA) is 47.6 Å². The first kappa shape index (κ1) is 13.5. The number of esters is 1. The van der Waals surface area contributed by atoms with Crippen LogP contribution in [0.5, 0.6) is 0 Å². The van der Waals surface area contributed by atoms with E-state index < -0.39 is 5.54 Å². The highest BCUT2D eigenvalue weighted by Crippen LogP contribution is 2.25. The summed E-state index contributed by atoms with van der Waals surface area (Å²) in [5.74, 6) is -0.170. The van der Waals surface area contributed by atoms with Crippen LogP contribution < -0.4 is 5.32 Å². The first-order valence-corrected chi connectivity index (χ1v) is 6.06. The monoisotopic (exact) mass is 229 g/mol. The number of hydrogen-bond donors (Lipinski definition) is 1. The Morgan fingerprint density at radius 1 is 1.50 bits per heavy atom. The lowest BCUT2D eigenvalue weighted by Crippen LogP contribution is -2.51. The SMILES string of the molecule is CCOCCCC(C)(NC1CC1)C(=O)OC. The molecule has 0 radical (unpaired) electrons. The van der Waals surface area contributed by atoms with E-state index in [9.17, 15) is 4.79 Å². The van der Waals surface area contributed by atoms with Gasteiger partial charge in [-0.2, -0.15) is 0 Å². The molecule has 1 unspecified atom stereocenters. The minimum atomic E-state index is -0.549. The van der Waals surface area contributed by atoms with Crippen molar-refractivity contribution in [1.82, 2.24) is 5.32 Å². The summed E-state index contributed by atoms with van der Waals surface area (Å²) < 4.78 is 10.1. The minimum absolute atomic E-state index is 0.170. The van der Waals surface area contributed by atoms with E-state index >= 15 is 0 Å². The van der Waals surface area contributed by atoms with Gasteiger partial charge in [-0.1, -0.05) is 0 Å². The second-order valence-corrected chi connectivity index (χ2v) is 4.54. The third-order valence-electron chi connectivity index (χ3n) is 2.91. The molecule has 1 saturated carbocycles. The zero-order valence-electron chi connectivity index (χ0n) is 10.5. The molecule has 0 aromatic heterocycles. The van der Waals surface area contributed by atoms with Crippen LogP contribution in [0, 0.1) is 0 Å². The normalized spacial score (nSPS) is 19.2. The molecule has 1 atom stereocenters. The van der Waals surface area contributed by atoms with E-state index in [1.54, 1.807) is 0 Å². The Balaban J connectivity index is 2.38. The summed E-state index contributed by atoms with van der Waals surface area (Å²) in [4.78, 5) is 11.7.